The minimum absolute atomic E-state index is 0.114. The summed E-state index contributed by atoms with van der Waals surface area (Å²) in [5.41, 5.74) is 6.75. The summed E-state index contributed by atoms with van der Waals surface area (Å²) in [4.78, 5) is 25.6. The van der Waals surface area contributed by atoms with E-state index >= 15 is 0 Å². The second-order valence-corrected chi connectivity index (χ2v) is 8.46. The van der Waals surface area contributed by atoms with E-state index in [1.807, 2.05) is 0 Å². The van der Waals surface area contributed by atoms with Gasteiger partial charge in [0.15, 0.2) is 0 Å². The fourth-order valence-corrected chi connectivity index (χ4v) is 4.48. The number of hydrogen-bond acceptors (Lipinski definition) is 4. The van der Waals surface area contributed by atoms with Crippen molar-refractivity contribution in [2.45, 2.75) is 12.6 Å². The zero-order chi connectivity index (χ0) is 17.7. The first-order valence-electron chi connectivity index (χ1n) is 7.24. The predicted octanol–water partition coefficient (Wildman–Crippen LogP) is 3.03. The van der Waals surface area contributed by atoms with E-state index < -0.39 is 19.3 Å². The quantitative estimate of drug-likeness (QED) is 0.647. The lowest BCUT2D eigenvalue weighted by molar-refractivity contribution is -0.141. The highest BCUT2D eigenvalue weighted by Crippen LogP contribution is 2.46. The highest BCUT2D eigenvalue weighted by Gasteiger charge is 2.29. The molecule has 8 heteroatoms. The van der Waals surface area contributed by atoms with Crippen LogP contribution < -0.4 is 5.73 Å². The van der Waals surface area contributed by atoms with Crippen molar-refractivity contribution in [3.63, 3.8) is 0 Å². The molecule has 4 N–H and O–H groups in total. The van der Waals surface area contributed by atoms with Gasteiger partial charge in [0.25, 0.3) is 0 Å². The number of pyridine rings is 1. The van der Waals surface area contributed by atoms with E-state index in [2.05, 4.69) is 4.98 Å². The predicted molar refractivity (Wildman–Crippen MR) is 93.3 cm³/mol. The Morgan fingerprint density at radius 2 is 2.04 bits per heavy atom. The summed E-state index contributed by atoms with van der Waals surface area (Å²) in [6, 6.07) is 9.88. The van der Waals surface area contributed by atoms with Gasteiger partial charge in [0, 0.05) is 23.5 Å². The van der Waals surface area contributed by atoms with E-state index in [4.69, 9.17) is 17.3 Å². The van der Waals surface area contributed by atoms with E-state index in [9.17, 15) is 19.4 Å². The van der Waals surface area contributed by atoms with Gasteiger partial charge in [-0.05, 0) is 35.7 Å². The van der Waals surface area contributed by atoms with Gasteiger partial charge < -0.3 is 15.7 Å². The van der Waals surface area contributed by atoms with Crippen LogP contribution in [0.3, 0.4) is 0 Å². The minimum Gasteiger partial charge on any atom is -0.481 e. The van der Waals surface area contributed by atoms with Crippen LogP contribution in [0.15, 0.2) is 42.6 Å². The molecule has 2 atom stereocenters. The van der Waals surface area contributed by atoms with Gasteiger partial charge in [0.05, 0.1) is 5.92 Å². The average Bonchev–Trinajstić information content (AvgIpc) is 2.48. The largest absolute Gasteiger partial charge is 0.481 e. The van der Waals surface area contributed by atoms with Gasteiger partial charge in [-0.25, -0.2) is 4.98 Å². The summed E-state index contributed by atoms with van der Waals surface area (Å²) in [6.07, 6.45) is 1.16. The molecule has 1 heterocycles. The van der Waals surface area contributed by atoms with Crippen molar-refractivity contribution < 1.29 is 19.4 Å². The lowest BCUT2D eigenvalue weighted by atomic mass is 10.0. The fourth-order valence-electron chi connectivity index (χ4n) is 2.40. The minimum atomic E-state index is -3.68. The summed E-state index contributed by atoms with van der Waals surface area (Å²) in [6.45, 7) is 0. The first-order valence-corrected chi connectivity index (χ1v) is 9.64. The summed E-state index contributed by atoms with van der Waals surface area (Å²) in [5.74, 6) is -1.77. The van der Waals surface area contributed by atoms with Crippen molar-refractivity contribution in [1.82, 2.24) is 4.98 Å². The van der Waals surface area contributed by atoms with Gasteiger partial charge in [-0.15, -0.1) is 0 Å². The zero-order valence-corrected chi connectivity index (χ0v) is 14.5. The molecule has 24 heavy (non-hydrogen) atoms. The smallest absolute Gasteiger partial charge is 0.307 e. The molecule has 0 amide bonds. The SMILES string of the molecule is Nc1ccc(CC(CP(=O)(O)Cc2cccc(Cl)c2)C(=O)O)cn1. The Kier molecular flexibility index (Phi) is 5.99. The maximum Gasteiger partial charge on any atom is 0.307 e. The molecule has 0 saturated carbocycles. The molecule has 6 nitrogen and oxygen atoms in total. The van der Waals surface area contributed by atoms with Crippen molar-refractivity contribution in [1.29, 1.82) is 0 Å². The van der Waals surface area contributed by atoms with Crippen LogP contribution in [-0.2, 0) is 21.9 Å². The number of carboxylic acid groups (broad SMARTS) is 1. The van der Waals surface area contributed by atoms with Crippen LogP contribution >= 0.6 is 19.0 Å². The van der Waals surface area contributed by atoms with E-state index in [1.165, 1.54) is 6.20 Å². The average molecular weight is 369 g/mol. The number of hydrogen-bond donors (Lipinski definition) is 3. The fraction of sp³-hybridized carbons (Fsp3) is 0.250. The van der Waals surface area contributed by atoms with Crippen LogP contribution in [0.5, 0.6) is 0 Å². The number of aliphatic carboxylic acids is 1. The number of carbonyl (C=O) groups is 1. The summed E-state index contributed by atoms with van der Waals surface area (Å²) in [7, 11) is -3.68. The van der Waals surface area contributed by atoms with Crippen LogP contribution in [0.1, 0.15) is 11.1 Å². The van der Waals surface area contributed by atoms with Crippen LogP contribution in [0.2, 0.25) is 5.02 Å². The Bertz CT molecular complexity index is 767. The van der Waals surface area contributed by atoms with Gasteiger partial charge in [-0.3, -0.25) is 9.36 Å². The van der Waals surface area contributed by atoms with Crippen molar-refractivity contribution >= 4 is 30.8 Å². The number of aromatic nitrogens is 1. The number of nitrogens with zero attached hydrogens (tertiary/aromatic N) is 1. The van der Waals surface area contributed by atoms with Crippen LogP contribution in [0.4, 0.5) is 5.82 Å². The summed E-state index contributed by atoms with van der Waals surface area (Å²) < 4.78 is 12.5. The molecule has 0 aliphatic rings. The number of nitrogens with two attached hydrogens (primary N) is 1. The number of benzene rings is 1. The molecular formula is C16H18ClN2O4P. The molecule has 1 aromatic heterocycles. The normalized spacial score (nSPS) is 14.8. The number of rotatable bonds is 7. The lowest BCUT2D eigenvalue weighted by Crippen LogP contribution is -2.21. The van der Waals surface area contributed by atoms with Gasteiger partial charge in [0.2, 0.25) is 7.37 Å². The second kappa shape index (κ2) is 7.79. The van der Waals surface area contributed by atoms with Gasteiger partial charge in [-0.1, -0.05) is 29.8 Å². The van der Waals surface area contributed by atoms with Gasteiger partial charge in [0.1, 0.15) is 5.82 Å². The number of halogens is 1. The molecule has 0 aliphatic heterocycles. The Labute approximate surface area is 144 Å². The molecular weight excluding hydrogens is 351 g/mol. The molecule has 2 rings (SSSR count). The van der Waals surface area contributed by atoms with Crippen LogP contribution in [0.25, 0.3) is 0 Å². The molecule has 128 valence electrons. The van der Waals surface area contributed by atoms with E-state index in [-0.39, 0.29) is 18.7 Å². The third-order valence-corrected chi connectivity index (χ3v) is 5.61. The molecule has 0 fully saturated rings. The standard InChI is InChI=1S/C16H18ClN2O4P/c17-14-3-1-2-12(7-14)9-24(22,23)10-13(16(20)21)6-11-4-5-15(18)19-8-11/h1-5,7-8,13H,6,9-10H2,(H2,18,19)(H,20,21)(H,22,23). The van der Waals surface area contributed by atoms with Crippen molar-refractivity contribution in [2.75, 3.05) is 11.9 Å². The first-order chi connectivity index (χ1) is 11.2. The van der Waals surface area contributed by atoms with Gasteiger partial charge >= 0.3 is 5.97 Å². The van der Waals surface area contributed by atoms with Crippen molar-refractivity contribution in [3.05, 3.63) is 58.7 Å². The third-order valence-electron chi connectivity index (χ3n) is 3.50. The van der Waals surface area contributed by atoms with Gasteiger partial charge in [-0.2, -0.15) is 0 Å². The molecule has 0 aliphatic carbocycles. The molecule has 0 radical (unpaired) electrons. The molecule has 2 unspecified atom stereocenters. The lowest BCUT2D eigenvalue weighted by Gasteiger charge is -2.17. The highest BCUT2D eigenvalue weighted by molar-refractivity contribution is 7.57. The van der Waals surface area contributed by atoms with Crippen LogP contribution in [-0.4, -0.2) is 27.1 Å². The third kappa shape index (κ3) is 5.64. The van der Waals surface area contributed by atoms with E-state index in [0.29, 0.717) is 22.0 Å². The number of carboxylic acids is 1. The van der Waals surface area contributed by atoms with E-state index in [0.717, 1.165) is 0 Å². The molecule has 0 saturated heterocycles. The Hall–Kier alpha value is -1.88. The summed E-state index contributed by atoms with van der Waals surface area (Å²) >= 11 is 5.87. The molecule has 2 aromatic rings. The maximum absolute atomic E-state index is 12.5. The number of anilines is 1. The van der Waals surface area contributed by atoms with Crippen molar-refractivity contribution in [2.24, 2.45) is 5.92 Å². The Morgan fingerprint density at radius 1 is 1.29 bits per heavy atom. The van der Waals surface area contributed by atoms with Crippen molar-refractivity contribution in [3.8, 4) is 0 Å². The monoisotopic (exact) mass is 368 g/mol. The zero-order valence-electron chi connectivity index (χ0n) is 12.8. The van der Waals surface area contributed by atoms with E-state index in [1.54, 1.807) is 36.4 Å². The maximum atomic E-state index is 12.5. The molecule has 0 spiro atoms. The Morgan fingerprint density at radius 3 is 2.62 bits per heavy atom. The summed E-state index contributed by atoms with van der Waals surface area (Å²) in [5, 5.41) is 9.83. The topological polar surface area (TPSA) is 114 Å². The highest BCUT2D eigenvalue weighted by atomic mass is 35.5. The molecule has 0 bridgehead atoms. The van der Waals surface area contributed by atoms with Crippen LogP contribution in [0, 0.1) is 5.92 Å². The first kappa shape index (κ1) is 18.5. The Balaban J connectivity index is 2.09. The molecule has 1 aromatic carbocycles. The second-order valence-electron chi connectivity index (χ2n) is 5.65. The number of nitrogen functional groups attached to an aromatic ring is 1.